The summed E-state index contributed by atoms with van der Waals surface area (Å²) in [6.07, 6.45) is 2.22. The zero-order chi connectivity index (χ0) is 21.6. The molecule has 1 aromatic heterocycles. The monoisotopic (exact) mass is 435 g/mol. The van der Waals surface area contributed by atoms with Crippen LogP contribution in [0.3, 0.4) is 0 Å². The molecular weight excluding hydrogens is 410 g/mol. The Morgan fingerprint density at radius 2 is 1.74 bits per heavy atom. The van der Waals surface area contributed by atoms with Crippen LogP contribution in [0.1, 0.15) is 47.9 Å². The average Bonchev–Trinajstić information content (AvgIpc) is 3.55. The van der Waals surface area contributed by atoms with Crippen molar-refractivity contribution < 1.29 is 9.59 Å². The third kappa shape index (κ3) is 5.32. The molecule has 8 heteroatoms. The molecule has 1 fully saturated rings. The van der Waals surface area contributed by atoms with Crippen molar-refractivity contribution in [1.29, 1.82) is 0 Å². The zero-order valence-corrected chi connectivity index (χ0v) is 18.1. The van der Waals surface area contributed by atoms with Gasteiger partial charge in [-0.2, -0.15) is 0 Å². The van der Waals surface area contributed by atoms with E-state index in [-0.39, 0.29) is 5.91 Å². The number of carbonyl (C=O) groups excluding carboxylic acids is 2. The number of imide groups is 1. The number of hydrogen-bond donors (Lipinski definition) is 2. The van der Waals surface area contributed by atoms with Crippen LogP contribution in [-0.2, 0) is 11.3 Å². The van der Waals surface area contributed by atoms with E-state index in [2.05, 4.69) is 37.5 Å². The highest BCUT2D eigenvalue weighted by atomic mass is 32.2. The molecule has 1 aliphatic rings. The van der Waals surface area contributed by atoms with Crippen molar-refractivity contribution in [3.63, 3.8) is 0 Å². The van der Waals surface area contributed by atoms with Crippen LogP contribution in [0.25, 0.3) is 0 Å². The minimum atomic E-state index is -0.630. The fraction of sp³-hybridized carbons (Fsp3) is 0.304. The Kier molecular flexibility index (Phi) is 6.66. The largest absolute Gasteiger partial charge is 0.338 e. The molecule has 1 atom stereocenters. The average molecular weight is 436 g/mol. The quantitative estimate of drug-likeness (QED) is 0.524. The van der Waals surface area contributed by atoms with E-state index in [0.29, 0.717) is 24.2 Å². The predicted molar refractivity (Wildman–Crippen MR) is 120 cm³/mol. The number of hydrogen-bond acceptors (Lipinski definition) is 5. The Hall–Kier alpha value is -3.13. The molecule has 1 saturated carbocycles. The molecule has 2 N–H and O–H groups in total. The highest BCUT2D eigenvalue weighted by molar-refractivity contribution is 8.00. The zero-order valence-electron chi connectivity index (χ0n) is 17.3. The van der Waals surface area contributed by atoms with Crippen molar-refractivity contribution in [2.45, 2.75) is 42.6 Å². The maximum Gasteiger partial charge on any atom is 0.321 e. The van der Waals surface area contributed by atoms with Gasteiger partial charge in [-0.25, -0.2) is 4.79 Å². The van der Waals surface area contributed by atoms with Gasteiger partial charge in [-0.3, -0.25) is 10.1 Å². The first-order valence-electron chi connectivity index (χ1n) is 10.4. The Morgan fingerprint density at radius 1 is 1.06 bits per heavy atom. The number of nitrogens with zero attached hydrogens (tertiary/aromatic N) is 3. The van der Waals surface area contributed by atoms with Crippen molar-refractivity contribution in [1.82, 2.24) is 25.4 Å². The maximum absolute atomic E-state index is 13.0. The summed E-state index contributed by atoms with van der Waals surface area (Å²) in [4.78, 5) is 25.0. The number of carbonyl (C=O) groups is 2. The van der Waals surface area contributed by atoms with Crippen LogP contribution in [0.2, 0.25) is 0 Å². The first-order valence-corrected chi connectivity index (χ1v) is 11.3. The highest BCUT2D eigenvalue weighted by Gasteiger charge is 2.32. The van der Waals surface area contributed by atoms with E-state index in [1.54, 1.807) is 6.92 Å². The minimum absolute atomic E-state index is 0.385. The van der Waals surface area contributed by atoms with Crippen molar-refractivity contribution >= 4 is 23.7 Å². The van der Waals surface area contributed by atoms with Crippen LogP contribution in [0, 0.1) is 0 Å². The number of rotatable bonds is 8. The van der Waals surface area contributed by atoms with Gasteiger partial charge in [0.2, 0.25) is 5.91 Å². The molecule has 3 amide bonds. The van der Waals surface area contributed by atoms with E-state index in [0.717, 1.165) is 29.8 Å². The Labute approximate surface area is 185 Å². The van der Waals surface area contributed by atoms with Crippen LogP contribution in [-0.4, -0.2) is 33.2 Å². The third-order valence-corrected chi connectivity index (χ3v) is 6.24. The minimum Gasteiger partial charge on any atom is -0.338 e. The first kappa shape index (κ1) is 21.1. The fourth-order valence-corrected chi connectivity index (χ4v) is 4.38. The lowest BCUT2D eigenvalue weighted by Gasteiger charge is -2.17. The molecule has 2 aromatic carbocycles. The van der Waals surface area contributed by atoms with Crippen LogP contribution in [0.15, 0.2) is 65.8 Å². The third-order valence-electron chi connectivity index (χ3n) is 5.01. The van der Waals surface area contributed by atoms with E-state index in [1.165, 1.54) is 11.8 Å². The highest BCUT2D eigenvalue weighted by Crippen LogP contribution is 2.42. The van der Waals surface area contributed by atoms with Gasteiger partial charge in [0.25, 0.3) is 0 Å². The lowest BCUT2D eigenvalue weighted by atomic mass is 10.1. The number of amides is 3. The van der Waals surface area contributed by atoms with Gasteiger partial charge in [0, 0.05) is 12.5 Å². The standard InChI is InChI=1S/C23H25N5O2S/c1-2-24-22(30)25-21(29)19(17-11-7-4-8-12-17)31-23-27-26-20(18-13-14-18)28(23)15-16-9-5-3-6-10-16/h3-12,18-19H,2,13-15H2,1H3,(H2,24,25,29,30)/t19-/m1/s1. The van der Waals surface area contributed by atoms with Gasteiger partial charge in [0.15, 0.2) is 5.16 Å². The number of nitrogens with one attached hydrogen (secondary N) is 2. The summed E-state index contributed by atoms with van der Waals surface area (Å²) < 4.78 is 2.10. The second kappa shape index (κ2) is 9.78. The molecule has 4 rings (SSSR count). The van der Waals surface area contributed by atoms with Gasteiger partial charge in [-0.05, 0) is 30.9 Å². The molecular formula is C23H25N5O2S. The van der Waals surface area contributed by atoms with Gasteiger partial charge in [-0.1, -0.05) is 72.4 Å². The van der Waals surface area contributed by atoms with E-state index >= 15 is 0 Å². The van der Waals surface area contributed by atoms with E-state index in [1.807, 2.05) is 48.5 Å². The second-order valence-corrected chi connectivity index (χ2v) is 8.52. The fourth-order valence-electron chi connectivity index (χ4n) is 3.33. The van der Waals surface area contributed by atoms with Crippen LogP contribution in [0.4, 0.5) is 4.79 Å². The summed E-state index contributed by atoms with van der Waals surface area (Å²) in [7, 11) is 0. The Morgan fingerprint density at radius 3 is 2.39 bits per heavy atom. The van der Waals surface area contributed by atoms with Gasteiger partial charge < -0.3 is 9.88 Å². The van der Waals surface area contributed by atoms with E-state index in [4.69, 9.17) is 0 Å². The number of aromatic nitrogens is 3. The van der Waals surface area contributed by atoms with E-state index < -0.39 is 11.3 Å². The predicted octanol–water partition coefficient (Wildman–Crippen LogP) is 3.88. The summed E-state index contributed by atoms with van der Waals surface area (Å²) in [5.41, 5.74) is 1.95. The van der Waals surface area contributed by atoms with Crippen molar-refractivity contribution in [2.75, 3.05) is 6.54 Å². The van der Waals surface area contributed by atoms with Crippen LogP contribution in [0.5, 0.6) is 0 Å². The molecule has 3 aromatic rings. The molecule has 0 unspecified atom stereocenters. The molecule has 0 radical (unpaired) electrons. The Bertz CT molecular complexity index is 1030. The summed E-state index contributed by atoms with van der Waals surface area (Å²) in [6.45, 7) is 2.89. The summed E-state index contributed by atoms with van der Waals surface area (Å²) in [6, 6.07) is 19.1. The smallest absolute Gasteiger partial charge is 0.321 e. The van der Waals surface area contributed by atoms with Crippen molar-refractivity contribution in [2.24, 2.45) is 0 Å². The van der Waals surface area contributed by atoms with Gasteiger partial charge >= 0.3 is 6.03 Å². The molecule has 31 heavy (non-hydrogen) atoms. The molecule has 7 nitrogen and oxygen atoms in total. The second-order valence-electron chi connectivity index (χ2n) is 7.44. The van der Waals surface area contributed by atoms with Crippen LogP contribution >= 0.6 is 11.8 Å². The molecule has 160 valence electrons. The lowest BCUT2D eigenvalue weighted by Crippen LogP contribution is -2.41. The first-order chi connectivity index (χ1) is 15.2. The van der Waals surface area contributed by atoms with Crippen molar-refractivity contribution in [3.8, 4) is 0 Å². The number of benzene rings is 2. The van der Waals surface area contributed by atoms with Gasteiger partial charge in [0.1, 0.15) is 11.1 Å². The molecule has 1 aliphatic carbocycles. The summed E-state index contributed by atoms with van der Waals surface area (Å²) in [5, 5.41) is 14.0. The van der Waals surface area contributed by atoms with Gasteiger partial charge in [-0.15, -0.1) is 10.2 Å². The summed E-state index contributed by atoms with van der Waals surface area (Å²) in [5.74, 6) is 0.997. The molecule has 0 spiro atoms. The normalized spacial score (nSPS) is 14.1. The maximum atomic E-state index is 13.0. The summed E-state index contributed by atoms with van der Waals surface area (Å²) >= 11 is 1.32. The van der Waals surface area contributed by atoms with E-state index in [9.17, 15) is 9.59 Å². The molecule has 0 aliphatic heterocycles. The van der Waals surface area contributed by atoms with Crippen molar-refractivity contribution in [3.05, 3.63) is 77.6 Å². The Balaban J connectivity index is 1.63. The molecule has 0 bridgehead atoms. The van der Waals surface area contributed by atoms with Crippen LogP contribution < -0.4 is 10.6 Å². The number of urea groups is 1. The number of thioether (sulfide) groups is 1. The SMILES string of the molecule is CCNC(=O)NC(=O)[C@H](Sc1nnc(C2CC2)n1Cc1ccccc1)c1ccccc1. The lowest BCUT2D eigenvalue weighted by molar-refractivity contribution is -0.119. The molecule has 0 saturated heterocycles. The topological polar surface area (TPSA) is 88.9 Å². The molecule has 1 heterocycles. The van der Waals surface area contributed by atoms with Gasteiger partial charge in [0.05, 0.1) is 6.54 Å².